The number of sulfonamides is 1. The summed E-state index contributed by atoms with van der Waals surface area (Å²) in [6.07, 6.45) is 1.23. The average molecular weight is 532 g/mol. The summed E-state index contributed by atoms with van der Waals surface area (Å²) in [5.74, 6) is -1.44. The minimum Gasteiger partial charge on any atom is -0.352 e. The van der Waals surface area contributed by atoms with Gasteiger partial charge in [-0.2, -0.15) is 0 Å². The predicted octanol–water partition coefficient (Wildman–Crippen LogP) is 4.23. The Hall–Kier alpha value is -2.36. The van der Waals surface area contributed by atoms with Crippen LogP contribution in [0.3, 0.4) is 0 Å². The highest BCUT2D eigenvalue weighted by Crippen LogP contribution is 2.33. The Morgan fingerprint density at radius 2 is 1.71 bits per heavy atom. The molecule has 34 heavy (non-hydrogen) atoms. The Bertz CT molecular complexity index is 1130. The molecule has 186 valence electrons. The van der Waals surface area contributed by atoms with Gasteiger partial charge >= 0.3 is 0 Å². The lowest BCUT2D eigenvalue weighted by atomic mass is 10.1. The zero-order valence-electron chi connectivity index (χ0n) is 19.4. The maximum absolute atomic E-state index is 13.5. The monoisotopic (exact) mass is 531 g/mol. The molecule has 2 aromatic carbocycles. The maximum atomic E-state index is 13.5. The summed E-state index contributed by atoms with van der Waals surface area (Å²) in [5.41, 5.74) is 0.628. The molecule has 2 rings (SSSR count). The molecular weight excluding hydrogens is 504 g/mol. The average Bonchev–Trinajstić information content (AvgIpc) is 2.74. The van der Waals surface area contributed by atoms with Gasteiger partial charge in [0.1, 0.15) is 18.4 Å². The first-order valence-corrected chi connectivity index (χ1v) is 13.2. The van der Waals surface area contributed by atoms with E-state index in [0.29, 0.717) is 5.56 Å². The highest BCUT2D eigenvalue weighted by atomic mass is 35.5. The molecule has 11 heteroatoms. The third-order valence-corrected chi connectivity index (χ3v) is 6.90. The van der Waals surface area contributed by atoms with Crippen molar-refractivity contribution in [3.8, 4) is 0 Å². The van der Waals surface area contributed by atoms with Gasteiger partial charge in [0.25, 0.3) is 0 Å². The number of anilines is 1. The summed E-state index contributed by atoms with van der Waals surface area (Å²) in [4.78, 5) is 27.7. The molecule has 2 amide bonds. The summed E-state index contributed by atoms with van der Waals surface area (Å²) in [7, 11) is -3.94. The van der Waals surface area contributed by atoms with Crippen molar-refractivity contribution in [2.75, 3.05) is 17.1 Å². The molecule has 0 radical (unpaired) electrons. The van der Waals surface area contributed by atoms with Crippen LogP contribution in [-0.4, -0.2) is 50.0 Å². The van der Waals surface area contributed by atoms with Crippen molar-refractivity contribution in [3.05, 3.63) is 63.9 Å². The van der Waals surface area contributed by atoms with E-state index >= 15 is 0 Å². The standard InChI is InChI=1S/C23H28Cl2FN3O4S/c1-5-19(23(31)27-15(2)3)28(13-16-9-11-17(26)12-10-16)21(30)14-29(34(4,32)33)20-8-6-7-18(24)22(20)25/h6-12,15,19H,5,13-14H2,1-4H3,(H,27,31)/t19-/m0/s1. The first-order valence-electron chi connectivity index (χ1n) is 10.6. The van der Waals surface area contributed by atoms with E-state index in [1.165, 1.54) is 47.4 Å². The van der Waals surface area contributed by atoms with Gasteiger partial charge < -0.3 is 10.2 Å². The van der Waals surface area contributed by atoms with Crippen LogP contribution in [0.15, 0.2) is 42.5 Å². The molecule has 0 fully saturated rings. The van der Waals surface area contributed by atoms with Gasteiger partial charge in [-0.3, -0.25) is 13.9 Å². The van der Waals surface area contributed by atoms with Crippen LogP contribution in [0.4, 0.5) is 10.1 Å². The molecule has 0 aliphatic heterocycles. The van der Waals surface area contributed by atoms with Crippen LogP contribution < -0.4 is 9.62 Å². The van der Waals surface area contributed by atoms with Gasteiger partial charge in [0.2, 0.25) is 21.8 Å². The van der Waals surface area contributed by atoms with E-state index in [2.05, 4.69) is 5.32 Å². The van der Waals surface area contributed by atoms with E-state index in [-0.39, 0.29) is 40.6 Å². The van der Waals surface area contributed by atoms with E-state index in [9.17, 15) is 22.4 Å². The van der Waals surface area contributed by atoms with E-state index in [1.807, 2.05) is 0 Å². The summed E-state index contributed by atoms with van der Waals surface area (Å²) < 4.78 is 39.5. The van der Waals surface area contributed by atoms with Crippen LogP contribution in [0.5, 0.6) is 0 Å². The fourth-order valence-corrected chi connectivity index (χ4v) is 4.67. The molecule has 2 aromatic rings. The SMILES string of the molecule is CC[C@@H](C(=O)NC(C)C)N(Cc1ccc(F)cc1)C(=O)CN(c1cccc(Cl)c1Cl)S(C)(=O)=O. The number of rotatable bonds is 10. The lowest BCUT2D eigenvalue weighted by Crippen LogP contribution is -2.53. The van der Waals surface area contributed by atoms with E-state index in [1.54, 1.807) is 20.8 Å². The number of hydrogen-bond acceptors (Lipinski definition) is 4. The molecule has 0 aliphatic rings. The first kappa shape index (κ1) is 27.9. The van der Waals surface area contributed by atoms with Crippen molar-refractivity contribution in [1.82, 2.24) is 10.2 Å². The van der Waals surface area contributed by atoms with Gasteiger partial charge in [-0.1, -0.05) is 48.3 Å². The Kier molecular flexibility index (Phi) is 9.73. The topological polar surface area (TPSA) is 86.8 Å². The number of hydrogen-bond donors (Lipinski definition) is 1. The zero-order chi connectivity index (χ0) is 25.6. The fourth-order valence-electron chi connectivity index (χ4n) is 3.37. The number of benzene rings is 2. The quantitative estimate of drug-likeness (QED) is 0.496. The van der Waals surface area contributed by atoms with Gasteiger partial charge in [-0.05, 0) is 50.1 Å². The van der Waals surface area contributed by atoms with Crippen molar-refractivity contribution < 1.29 is 22.4 Å². The Balaban J connectivity index is 2.48. The van der Waals surface area contributed by atoms with Crippen LogP contribution >= 0.6 is 23.2 Å². The third kappa shape index (κ3) is 7.32. The van der Waals surface area contributed by atoms with Crippen LogP contribution in [0.2, 0.25) is 10.0 Å². The molecule has 1 atom stereocenters. The summed E-state index contributed by atoms with van der Waals surface area (Å²) in [5, 5.41) is 2.91. The van der Waals surface area contributed by atoms with Gasteiger partial charge in [-0.25, -0.2) is 12.8 Å². The third-order valence-electron chi connectivity index (χ3n) is 4.96. The summed E-state index contributed by atoms with van der Waals surface area (Å²) in [6, 6.07) is 8.93. The van der Waals surface area contributed by atoms with Crippen LogP contribution in [0, 0.1) is 5.82 Å². The molecule has 7 nitrogen and oxygen atoms in total. The van der Waals surface area contributed by atoms with Gasteiger partial charge in [-0.15, -0.1) is 0 Å². The van der Waals surface area contributed by atoms with Crippen molar-refractivity contribution in [1.29, 1.82) is 0 Å². The lowest BCUT2D eigenvalue weighted by Gasteiger charge is -2.33. The van der Waals surface area contributed by atoms with E-state index in [0.717, 1.165) is 10.6 Å². The van der Waals surface area contributed by atoms with Gasteiger partial charge in [0.05, 0.1) is 22.0 Å². The minimum atomic E-state index is -3.94. The first-order chi connectivity index (χ1) is 15.8. The number of carbonyl (C=O) groups excluding carboxylic acids is 2. The largest absolute Gasteiger partial charge is 0.352 e. The van der Waals surface area contributed by atoms with Crippen molar-refractivity contribution in [3.63, 3.8) is 0 Å². The predicted molar refractivity (Wildman–Crippen MR) is 133 cm³/mol. The number of nitrogens with zero attached hydrogens (tertiary/aromatic N) is 2. The molecule has 0 unspecified atom stereocenters. The second-order valence-corrected chi connectivity index (χ2v) is 10.8. The molecule has 0 heterocycles. The molecule has 0 aromatic heterocycles. The number of carbonyl (C=O) groups is 2. The smallest absolute Gasteiger partial charge is 0.244 e. The number of nitrogens with one attached hydrogen (secondary N) is 1. The second-order valence-electron chi connectivity index (χ2n) is 8.08. The molecule has 0 saturated heterocycles. The lowest BCUT2D eigenvalue weighted by molar-refractivity contribution is -0.140. The number of amides is 2. The molecule has 1 N–H and O–H groups in total. The van der Waals surface area contributed by atoms with E-state index in [4.69, 9.17) is 23.2 Å². The second kappa shape index (κ2) is 11.9. The van der Waals surface area contributed by atoms with Crippen LogP contribution in [-0.2, 0) is 26.2 Å². The zero-order valence-corrected chi connectivity index (χ0v) is 21.7. The normalized spacial score (nSPS) is 12.4. The van der Waals surface area contributed by atoms with Crippen LogP contribution in [0.1, 0.15) is 32.8 Å². The minimum absolute atomic E-state index is 0.0166. The maximum Gasteiger partial charge on any atom is 0.244 e. The summed E-state index contributed by atoms with van der Waals surface area (Å²) >= 11 is 12.3. The van der Waals surface area contributed by atoms with E-state index < -0.39 is 34.3 Å². The number of halogens is 3. The van der Waals surface area contributed by atoms with Gasteiger partial charge in [0, 0.05) is 12.6 Å². The highest BCUT2D eigenvalue weighted by Gasteiger charge is 2.32. The van der Waals surface area contributed by atoms with Crippen molar-refractivity contribution in [2.24, 2.45) is 0 Å². The molecule has 0 saturated carbocycles. The van der Waals surface area contributed by atoms with Crippen molar-refractivity contribution in [2.45, 2.75) is 45.8 Å². The molecular formula is C23H28Cl2FN3O4S. The van der Waals surface area contributed by atoms with Crippen molar-refractivity contribution >= 4 is 50.7 Å². The van der Waals surface area contributed by atoms with Gasteiger partial charge in [0.15, 0.2) is 0 Å². The highest BCUT2D eigenvalue weighted by molar-refractivity contribution is 7.92. The summed E-state index contributed by atoms with van der Waals surface area (Å²) in [6.45, 7) is 4.71. The van der Waals surface area contributed by atoms with Crippen LogP contribution in [0.25, 0.3) is 0 Å². The Morgan fingerprint density at radius 1 is 1.09 bits per heavy atom. The Morgan fingerprint density at radius 3 is 2.24 bits per heavy atom. The molecule has 0 bridgehead atoms. The fraction of sp³-hybridized carbons (Fsp3) is 0.391. The molecule has 0 aliphatic carbocycles. The Labute approximate surface area is 209 Å². The molecule has 0 spiro atoms.